The molecular weight excluding hydrogens is 666 g/mol. The number of anilines is 1. The lowest BCUT2D eigenvalue weighted by Gasteiger charge is -2.37. The molecule has 0 radical (unpaired) electrons. The van der Waals surface area contributed by atoms with Crippen LogP contribution >= 0.6 is 0 Å². The van der Waals surface area contributed by atoms with E-state index in [9.17, 15) is 14.4 Å². The van der Waals surface area contributed by atoms with Crippen LogP contribution in [0.1, 0.15) is 61.4 Å². The maximum absolute atomic E-state index is 13.4. The number of hydrogen-bond acceptors (Lipinski definition) is 10. The Morgan fingerprint density at radius 3 is 2.15 bits per heavy atom. The summed E-state index contributed by atoms with van der Waals surface area (Å²) in [7, 11) is 3.27. The smallest absolute Gasteiger partial charge is 0.303 e. The normalized spacial score (nSPS) is 19.3. The van der Waals surface area contributed by atoms with Crippen LogP contribution in [0.5, 0.6) is 11.5 Å². The predicted molar refractivity (Wildman–Crippen MR) is 189 cm³/mol. The highest BCUT2D eigenvalue weighted by molar-refractivity contribution is 6.19. The topological polar surface area (TPSA) is 155 Å². The van der Waals surface area contributed by atoms with Crippen LogP contribution in [0, 0.1) is 5.92 Å². The van der Waals surface area contributed by atoms with Crippen molar-refractivity contribution in [3.63, 3.8) is 0 Å². The summed E-state index contributed by atoms with van der Waals surface area (Å²) in [5.41, 5.74) is 2.47. The largest absolute Gasteiger partial charge is 0.497 e. The number of imide groups is 1. The minimum absolute atomic E-state index is 0.0864. The van der Waals surface area contributed by atoms with Crippen molar-refractivity contribution in [2.45, 2.75) is 56.5 Å². The summed E-state index contributed by atoms with van der Waals surface area (Å²) in [4.78, 5) is 51.9. The van der Waals surface area contributed by atoms with E-state index in [-0.39, 0.29) is 43.3 Å². The molecule has 2 fully saturated rings. The Kier molecular flexibility index (Phi) is 9.97. The first kappa shape index (κ1) is 34.8. The first-order valence-corrected chi connectivity index (χ1v) is 17.2. The second kappa shape index (κ2) is 14.9. The first-order chi connectivity index (χ1) is 25.3. The lowest BCUT2D eigenvalue weighted by molar-refractivity contribution is -0.137. The molecule has 5 aromatic rings. The zero-order chi connectivity index (χ0) is 36.2. The van der Waals surface area contributed by atoms with Gasteiger partial charge in [-0.2, -0.15) is 0 Å². The molecule has 2 saturated heterocycles. The Morgan fingerprint density at radius 1 is 0.865 bits per heavy atom. The number of nitrogens with zero attached hydrogens (tertiary/aromatic N) is 5. The summed E-state index contributed by atoms with van der Waals surface area (Å²) in [6, 6.07) is 25.8. The summed E-state index contributed by atoms with van der Waals surface area (Å²) in [5, 5.41) is 9.14. The van der Waals surface area contributed by atoms with Crippen molar-refractivity contribution in [2.24, 2.45) is 5.92 Å². The zero-order valence-electron chi connectivity index (χ0n) is 28.9. The molecule has 52 heavy (non-hydrogen) atoms. The average Bonchev–Trinajstić information content (AvgIpc) is 3.83. The minimum Gasteiger partial charge on any atom is -0.497 e. The van der Waals surface area contributed by atoms with Gasteiger partial charge in [-0.15, -0.1) is 0 Å². The number of benzene rings is 3. The maximum atomic E-state index is 13.4. The SMILES string of the molecule is COc1ccc(C(OC[C@@H]2CC[C@H](n3cnc4c(N5C(=O)CCC(CCC(=O)O)C5=O)ncnc43)O2)(c2ccccc2)c2ccc(OC)cc2)cc1. The number of methoxy groups -OCH3 is 2. The van der Waals surface area contributed by atoms with Gasteiger partial charge < -0.3 is 24.1 Å². The van der Waals surface area contributed by atoms with Crippen molar-refractivity contribution in [3.8, 4) is 11.5 Å². The van der Waals surface area contributed by atoms with Crippen LogP contribution in [-0.4, -0.2) is 69.3 Å². The fourth-order valence-corrected chi connectivity index (χ4v) is 7.15. The summed E-state index contributed by atoms with van der Waals surface area (Å²) >= 11 is 0. The van der Waals surface area contributed by atoms with E-state index in [0.29, 0.717) is 24.9 Å². The van der Waals surface area contributed by atoms with Gasteiger partial charge in [-0.05, 0) is 66.6 Å². The maximum Gasteiger partial charge on any atom is 0.303 e. The number of carboxylic acid groups (broad SMARTS) is 1. The van der Waals surface area contributed by atoms with Gasteiger partial charge in [0.05, 0.1) is 33.3 Å². The van der Waals surface area contributed by atoms with Crippen LogP contribution in [0.2, 0.25) is 0 Å². The standard InChI is InChI=1S/C39H39N5O8/c1-49-29-14-10-27(11-15-29)39(26-6-4-3-5-7-26,28-12-16-30(50-2)17-13-28)51-22-31-18-20-33(52-31)43-24-42-35-36(43)40-23-41-37(35)44-32(45)19-8-25(38(44)48)9-21-34(46)47/h3-7,10-17,23-25,31,33H,8-9,18-22H2,1-2H3,(H,46,47)/t25?,31-,33+/m0/s1. The van der Waals surface area contributed by atoms with Gasteiger partial charge in [0.2, 0.25) is 11.8 Å². The number of carbonyl (C=O) groups excluding carboxylic acids is 2. The molecule has 0 spiro atoms. The highest BCUT2D eigenvalue weighted by atomic mass is 16.6. The van der Waals surface area contributed by atoms with E-state index in [1.54, 1.807) is 25.1 Å². The molecule has 13 heteroatoms. The van der Waals surface area contributed by atoms with Crippen LogP contribution in [0.25, 0.3) is 11.2 Å². The first-order valence-electron chi connectivity index (χ1n) is 17.2. The number of imidazole rings is 1. The van der Waals surface area contributed by atoms with Crippen LogP contribution in [-0.2, 0) is 29.5 Å². The molecule has 0 aliphatic carbocycles. The summed E-state index contributed by atoms with van der Waals surface area (Å²) in [6.45, 7) is 0.255. The third-order valence-corrected chi connectivity index (χ3v) is 9.84. The molecular formula is C39H39N5O8. The molecule has 2 aliphatic heterocycles. The number of carboxylic acids is 1. The number of aromatic nitrogens is 4. The Balaban J connectivity index is 1.16. The van der Waals surface area contributed by atoms with Crippen LogP contribution in [0.3, 0.4) is 0 Å². The van der Waals surface area contributed by atoms with Gasteiger partial charge >= 0.3 is 5.97 Å². The number of carbonyl (C=O) groups is 3. The zero-order valence-corrected chi connectivity index (χ0v) is 28.9. The van der Waals surface area contributed by atoms with Crippen LogP contribution < -0.4 is 14.4 Å². The van der Waals surface area contributed by atoms with E-state index in [1.165, 1.54) is 6.33 Å². The Morgan fingerprint density at radius 2 is 1.52 bits per heavy atom. The molecule has 3 aromatic carbocycles. The molecule has 13 nitrogen and oxygen atoms in total. The second-order valence-corrected chi connectivity index (χ2v) is 12.9. The molecule has 7 rings (SSSR count). The van der Waals surface area contributed by atoms with E-state index in [4.69, 9.17) is 24.1 Å². The molecule has 1 N–H and O–H groups in total. The van der Waals surface area contributed by atoms with Crippen molar-refractivity contribution in [2.75, 3.05) is 25.7 Å². The highest BCUT2D eigenvalue weighted by Gasteiger charge is 2.41. The number of piperidine rings is 1. The fourth-order valence-electron chi connectivity index (χ4n) is 7.15. The molecule has 2 amide bonds. The Labute approximate surface area is 300 Å². The van der Waals surface area contributed by atoms with Gasteiger partial charge in [0.1, 0.15) is 29.7 Å². The second-order valence-electron chi connectivity index (χ2n) is 12.9. The van der Waals surface area contributed by atoms with Crippen LogP contribution in [0.4, 0.5) is 5.82 Å². The van der Waals surface area contributed by atoms with Crippen molar-refractivity contribution in [3.05, 3.63) is 108 Å². The summed E-state index contributed by atoms with van der Waals surface area (Å²) in [5.74, 6) is -0.926. The molecule has 1 unspecified atom stereocenters. The number of aliphatic carboxylic acids is 1. The molecule has 4 heterocycles. The van der Waals surface area contributed by atoms with E-state index < -0.39 is 35.5 Å². The van der Waals surface area contributed by atoms with Crippen LogP contribution in [0.15, 0.2) is 91.5 Å². The molecule has 0 saturated carbocycles. The Bertz CT molecular complexity index is 2000. The lowest BCUT2D eigenvalue weighted by Crippen LogP contribution is -2.46. The van der Waals surface area contributed by atoms with E-state index in [0.717, 1.165) is 33.1 Å². The monoisotopic (exact) mass is 705 g/mol. The van der Waals surface area contributed by atoms with E-state index in [2.05, 4.69) is 15.0 Å². The molecule has 3 atom stereocenters. The highest BCUT2D eigenvalue weighted by Crippen LogP contribution is 2.43. The van der Waals surface area contributed by atoms with Gasteiger partial charge in [0.15, 0.2) is 17.0 Å². The van der Waals surface area contributed by atoms with Gasteiger partial charge in [-0.3, -0.25) is 19.0 Å². The number of amides is 2. The number of hydrogen-bond donors (Lipinski definition) is 1. The number of fused-ring (bicyclic) bond motifs is 1. The third kappa shape index (κ3) is 6.60. The van der Waals surface area contributed by atoms with Gasteiger partial charge in [0, 0.05) is 18.8 Å². The van der Waals surface area contributed by atoms with Gasteiger partial charge in [-0.25, -0.2) is 19.9 Å². The minimum atomic E-state index is -0.999. The predicted octanol–water partition coefficient (Wildman–Crippen LogP) is 5.66. The quantitative estimate of drug-likeness (QED) is 0.119. The molecule has 0 bridgehead atoms. The third-order valence-electron chi connectivity index (χ3n) is 9.84. The molecule has 2 aromatic heterocycles. The molecule has 268 valence electrons. The lowest BCUT2D eigenvalue weighted by atomic mass is 9.80. The summed E-state index contributed by atoms with van der Waals surface area (Å²) in [6.07, 6.45) is 3.86. The number of rotatable bonds is 13. The van der Waals surface area contributed by atoms with Crippen molar-refractivity contribution in [1.29, 1.82) is 0 Å². The van der Waals surface area contributed by atoms with Crippen molar-refractivity contribution < 1.29 is 38.4 Å². The number of ether oxygens (including phenoxy) is 4. The van der Waals surface area contributed by atoms with Gasteiger partial charge in [0.25, 0.3) is 0 Å². The van der Waals surface area contributed by atoms with Crippen molar-refractivity contribution in [1.82, 2.24) is 19.5 Å². The fraction of sp³-hybridized carbons (Fsp3) is 0.333. The molecule has 2 aliphatic rings. The van der Waals surface area contributed by atoms with Crippen molar-refractivity contribution >= 4 is 34.8 Å². The summed E-state index contributed by atoms with van der Waals surface area (Å²) < 4.78 is 26.4. The Hall–Kier alpha value is -5.66. The average molecular weight is 706 g/mol. The van der Waals surface area contributed by atoms with Gasteiger partial charge in [-0.1, -0.05) is 54.6 Å². The van der Waals surface area contributed by atoms with E-state index in [1.807, 2.05) is 78.9 Å². The van der Waals surface area contributed by atoms with E-state index >= 15 is 0 Å².